The molecule has 1 atom stereocenters. The molecule has 0 N–H and O–H groups in total. The fraction of sp³-hybridized carbons (Fsp3) is 0.529. The van der Waals surface area contributed by atoms with Crippen molar-refractivity contribution >= 4 is 17.5 Å². The van der Waals surface area contributed by atoms with E-state index in [1.165, 1.54) is 0 Å². The molecule has 0 bridgehead atoms. The molecule has 120 valence electrons. The minimum Gasteiger partial charge on any atom is -0.496 e. The first-order chi connectivity index (χ1) is 10.6. The Labute approximate surface area is 137 Å². The fourth-order valence-corrected chi connectivity index (χ4v) is 2.60. The quantitative estimate of drug-likeness (QED) is 0.733. The van der Waals surface area contributed by atoms with E-state index in [4.69, 9.17) is 16.3 Å². The Morgan fingerprint density at radius 1 is 1.36 bits per heavy atom. The number of hydrogen-bond acceptors (Lipinski definition) is 3. The van der Waals surface area contributed by atoms with E-state index >= 15 is 0 Å². The van der Waals surface area contributed by atoms with Gasteiger partial charge in [-0.2, -0.15) is 5.26 Å². The molecule has 4 nitrogen and oxygen atoms in total. The number of methoxy groups -OCH3 is 1. The van der Waals surface area contributed by atoms with Crippen LogP contribution in [0.1, 0.15) is 32.3 Å². The summed E-state index contributed by atoms with van der Waals surface area (Å²) in [5.41, 5.74) is 0.780. The normalized spacial score (nSPS) is 11.6. The van der Waals surface area contributed by atoms with Crippen molar-refractivity contribution in [2.45, 2.75) is 33.1 Å². The predicted octanol–water partition coefficient (Wildman–Crippen LogP) is 3.68. The van der Waals surface area contributed by atoms with Crippen molar-refractivity contribution in [3.63, 3.8) is 0 Å². The second-order valence-electron chi connectivity index (χ2n) is 5.17. The molecule has 0 spiro atoms. The van der Waals surface area contributed by atoms with Crippen molar-refractivity contribution in [2.24, 2.45) is 5.92 Å². The lowest BCUT2D eigenvalue weighted by Gasteiger charge is -2.24. The van der Waals surface area contributed by atoms with Gasteiger partial charge in [-0.1, -0.05) is 25.4 Å². The van der Waals surface area contributed by atoms with Gasteiger partial charge in [-0.05, 0) is 36.6 Å². The van der Waals surface area contributed by atoms with E-state index in [1.54, 1.807) is 30.2 Å². The molecule has 0 aliphatic carbocycles. The van der Waals surface area contributed by atoms with Crippen LogP contribution in [0, 0.1) is 17.2 Å². The molecule has 0 saturated heterocycles. The molecule has 0 aliphatic rings. The molecule has 1 rings (SSSR count). The van der Waals surface area contributed by atoms with Crippen molar-refractivity contribution in [3.05, 3.63) is 28.8 Å². The van der Waals surface area contributed by atoms with Crippen LogP contribution in [-0.4, -0.2) is 31.0 Å². The number of amides is 1. The Kier molecular flexibility index (Phi) is 7.76. The van der Waals surface area contributed by atoms with Gasteiger partial charge < -0.3 is 9.64 Å². The van der Waals surface area contributed by atoms with E-state index in [2.05, 4.69) is 6.07 Å². The number of halogens is 1. The largest absolute Gasteiger partial charge is 0.496 e. The van der Waals surface area contributed by atoms with Crippen LogP contribution < -0.4 is 4.74 Å². The molecule has 1 aromatic rings. The summed E-state index contributed by atoms with van der Waals surface area (Å²) in [5, 5.41) is 9.97. The van der Waals surface area contributed by atoms with Crippen molar-refractivity contribution in [2.75, 3.05) is 20.2 Å². The van der Waals surface area contributed by atoms with E-state index in [1.807, 2.05) is 13.8 Å². The summed E-state index contributed by atoms with van der Waals surface area (Å²) in [6, 6.07) is 7.37. The standard InChI is InChI=1S/C17H23ClN2O2/c1-4-8-20(9-5-2)17(21)14(12-19)10-13-11-15(18)6-7-16(13)22-3/h6-7,11,14H,4-5,8-10H2,1-3H3. The molecular weight excluding hydrogens is 300 g/mol. The molecule has 0 heterocycles. The SMILES string of the molecule is CCCN(CCC)C(=O)C(C#N)Cc1cc(Cl)ccc1OC. The van der Waals surface area contributed by atoms with Gasteiger partial charge in [0, 0.05) is 24.5 Å². The van der Waals surface area contributed by atoms with E-state index in [9.17, 15) is 10.1 Å². The summed E-state index contributed by atoms with van der Waals surface area (Å²) in [4.78, 5) is 14.3. The minimum absolute atomic E-state index is 0.117. The monoisotopic (exact) mass is 322 g/mol. The lowest BCUT2D eigenvalue weighted by Crippen LogP contribution is -2.37. The molecule has 0 aliphatic heterocycles. The van der Waals surface area contributed by atoms with Gasteiger partial charge in [0.25, 0.3) is 0 Å². The van der Waals surface area contributed by atoms with Crippen LogP contribution in [0.25, 0.3) is 0 Å². The predicted molar refractivity (Wildman–Crippen MR) is 88.0 cm³/mol. The first kappa shape index (κ1) is 18.3. The third-order valence-corrected chi connectivity index (χ3v) is 3.65. The van der Waals surface area contributed by atoms with Crippen LogP contribution in [0.2, 0.25) is 5.02 Å². The van der Waals surface area contributed by atoms with Gasteiger partial charge in [0.15, 0.2) is 0 Å². The molecule has 5 heteroatoms. The van der Waals surface area contributed by atoms with Crippen molar-refractivity contribution in [3.8, 4) is 11.8 Å². The third kappa shape index (κ3) is 4.92. The Morgan fingerprint density at radius 3 is 2.50 bits per heavy atom. The molecule has 1 unspecified atom stereocenters. The molecule has 1 aromatic carbocycles. The molecule has 0 radical (unpaired) electrons. The highest BCUT2D eigenvalue weighted by atomic mass is 35.5. The zero-order valence-electron chi connectivity index (χ0n) is 13.4. The summed E-state index contributed by atoms with van der Waals surface area (Å²) in [5.74, 6) is -0.186. The Balaban J connectivity index is 2.95. The lowest BCUT2D eigenvalue weighted by molar-refractivity contribution is -0.133. The summed E-state index contributed by atoms with van der Waals surface area (Å²) in [7, 11) is 1.57. The first-order valence-electron chi connectivity index (χ1n) is 7.58. The van der Waals surface area contributed by atoms with Gasteiger partial charge in [-0.25, -0.2) is 0 Å². The number of nitriles is 1. The highest BCUT2D eigenvalue weighted by Crippen LogP contribution is 2.25. The number of benzene rings is 1. The van der Waals surface area contributed by atoms with E-state index in [0.29, 0.717) is 30.3 Å². The number of carbonyl (C=O) groups is 1. The molecular formula is C17H23ClN2O2. The van der Waals surface area contributed by atoms with E-state index < -0.39 is 5.92 Å². The summed E-state index contributed by atoms with van der Waals surface area (Å²) in [6.45, 7) is 5.41. The Bertz CT molecular complexity index is 534. The maximum Gasteiger partial charge on any atom is 0.240 e. The van der Waals surface area contributed by atoms with Crippen molar-refractivity contribution < 1.29 is 9.53 Å². The minimum atomic E-state index is -0.717. The van der Waals surface area contributed by atoms with Gasteiger partial charge in [-0.15, -0.1) is 0 Å². The topological polar surface area (TPSA) is 53.3 Å². The first-order valence-corrected chi connectivity index (χ1v) is 7.95. The van der Waals surface area contributed by atoms with Crippen LogP contribution in [0.4, 0.5) is 0 Å². The second kappa shape index (κ2) is 9.32. The summed E-state index contributed by atoms with van der Waals surface area (Å²) >= 11 is 6.01. The number of nitrogens with zero attached hydrogens (tertiary/aromatic N) is 2. The molecule has 1 amide bonds. The number of carbonyl (C=O) groups excluding carboxylic acids is 1. The van der Waals surface area contributed by atoms with E-state index in [0.717, 1.165) is 18.4 Å². The smallest absolute Gasteiger partial charge is 0.240 e. The van der Waals surface area contributed by atoms with E-state index in [-0.39, 0.29) is 5.91 Å². The average Bonchev–Trinajstić information content (AvgIpc) is 2.52. The fourth-order valence-electron chi connectivity index (χ4n) is 2.41. The van der Waals surface area contributed by atoms with Gasteiger partial charge in [0.05, 0.1) is 13.2 Å². The van der Waals surface area contributed by atoms with Crippen LogP contribution in [0.3, 0.4) is 0 Å². The van der Waals surface area contributed by atoms with Crippen LogP contribution >= 0.6 is 11.6 Å². The molecule has 0 aromatic heterocycles. The number of rotatable bonds is 8. The number of hydrogen-bond donors (Lipinski definition) is 0. The second-order valence-corrected chi connectivity index (χ2v) is 5.60. The molecule has 0 saturated carbocycles. The maximum absolute atomic E-state index is 12.6. The van der Waals surface area contributed by atoms with Gasteiger partial charge in [-0.3, -0.25) is 4.79 Å². The number of ether oxygens (including phenoxy) is 1. The Morgan fingerprint density at radius 2 is 2.00 bits per heavy atom. The maximum atomic E-state index is 12.6. The van der Waals surface area contributed by atoms with Gasteiger partial charge in [0.1, 0.15) is 11.7 Å². The van der Waals surface area contributed by atoms with Gasteiger partial charge in [0.2, 0.25) is 5.91 Å². The molecule has 22 heavy (non-hydrogen) atoms. The zero-order chi connectivity index (χ0) is 16.5. The highest BCUT2D eigenvalue weighted by Gasteiger charge is 2.25. The summed E-state index contributed by atoms with van der Waals surface area (Å²) < 4.78 is 5.29. The van der Waals surface area contributed by atoms with Gasteiger partial charge >= 0.3 is 0 Å². The van der Waals surface area contributed by atoms with Crippen molar-refractivity contribution in [1.29, 1.82) is 5.26 Å². The highest BCUT2D eigenvalue weighted by molar-refractivity contribution is 6.30. The summed E-state index contributed by atoms with van der Waals surface area (Å²) in [6.07, 6.45) is 2.07. The zero-order valence-corrected chi connectivity index (χ0v) is 14.2. The van der Waals surface area contributed by atoms with Crippen LogP contribution in [0.15, 0.2) is 18.2 Å². The molecule has 0 fully saturated rings. The van der Waals surface area contributed by atoms with Crippen LogP contribution in [0.5, 0.6) is 5.75 Å². The van der Waals surface area contributed by atoms with Crippen molar-refractivity contribution in [1.82, 2.24) is 4.90 Å². The average molecular weight is 323 g/mol. The third-order valence-electron chi connectivity index (χ3n) is 3.42. The lowest BCUT2D eigenvalue weighted by atomic mass is 9.98. The van der Waals surface area contributed by atoms with Crippen LogP contribution in [-0.2, 0) is 11.2 Å². The Hall–Kier alpha value is -1.73.